The first-order valence-electron chi connectivity index (χ1n) is 7.11. The first kappa shape index (κ1) is 14.2. The van der Waals surface area contributed by atoms with Gasteiger partial charge in [-0.15, -0.1) is 0 Å². The summed E-state index contributed by atoms with van der Waals surface area (Å²) in [4.78, 5) is 29.8. The number of carbonyl (C=O) groups is 2. The fraction of sp³-hybridized carbons (Fsp3) is 0.333. The zero-order valence-corrected chi connectivity index (χ0v) is 11.9. The molecule has 22 heavy (non-hydrogen) atoms. The fourth-order valence-corrected chi connectivity index (χ4v) is 2.52. The monoisotopic (exact) mass is 300 g/mol. The molecule has 1 N–H and O–H groups in total. The fourth-order valence-electron chi connectivity index (χ4n) is 2.52. The Morgan fingerprint density at radius 3 is 2.86 bits per heavy atom. The molecule has 0 saturated carbocycles. The molecular weight excluding hydrogens is 284 g/mol. The quantitative estimate of drug-likeness (QED) is 0.903. The average Bonchev–Trinajstić information content (AvgIpc) is 3.23. The highest BCUT2D eigenvalue weighted by Crippen LogP contribution is 2.24. The summed E-state index contributed by atoms with van der Waals surface area (Å²) in [6.45, 7) is 1.19. The highest BCUT2D eigenvalue weighted by molar-refractivity contribution is 5.96. The summed E-state index contributed by atoms with van der Waals surface area (Å²) in [5.74, 6) is 0.384. The van der Waals surface area contributed by atoms with E-state index in [0.717, 1.165) is 6.42 Å². The largest absolute Gasteiger partial charge is 0.343 e. The lowest BCUT2D eigenvalue weighted by Gasteiger charge is -2.16. The predicted molar refractivity (Wildman–Crippen MR) is 77.0 cm³/mol. The number of nitrogens with zero attached hydrogens (tertiary/aromatic N) is 3. The Morgan fingerprint density at radius 2 is 2.14 bits per heavy atom. The Bertz CT molecular complexity index is 642. The van der Waals surface area contributed by atoms with E-state index in [2.05, 4.69) is 15.5 Å². The molecule has 7 heteroatoms. The zero-order valence-electron chi connectivity index (χ0n) is 11.9. The van der Waals surface area contributed by atoms with Crippen molar-refractivity contribution in [1.82, 2.24) is 20.4 Å². The SMILES string of the molecule is O=C(NCC(=O)N1CCC(c2ncon2)C1)c1ccccc1. The number of rotatable bonds is 4. The maximum Gasteiger partial charge on any atom is 0.251 e. The van der Waals surface area contributed by atoms with E-state index in [1.54, 1.807) is 29.2 Å². The number of carbonyl (C=O) groups excluding carboxylic acids is 2. The van der Waals surface area contributed by atoms with Crippen LogP contribution in [0.15, 0.2) is 41.2 Å². The average molecular weight is 300 g/mol. The van der Waals surface area contributed by atoms with Gasteiger partial charge in [-0.2, -0.15) is 4.98 Å². The van der Waals surface area contributed by atoms with E-state index < -0.39 is 0 Å². The molecule has 1 aromatic heterocycles. The van der Waals surface area contributed by atoms with Crippen LogP contribution in [-0.4, -0.2) is 46.5 Å². The summed E-state index contributed by atoms with van der Waals surface area (Å²) < 4.78 is 4.73. The van der Waals surface area contributed by atoms with Crippen molar-refractivity contribution < 1.29 is 14.1 Å². The minimum Gasteiger partial charge on any atom is -0.343 e. The number of benzene rings is 1. The van der Waals surface area contributed by atoms with Gasteiger partial charge < -0.3 is 14.7 Å². The van der Waals surface area contributed by atoms with Crippen LogP contribution in [-0.2, 0) is 4.79 Å². The van der Waals surface area contributed by atoms with Gasteiger partial charge in [0.25, 0.3) is 5.91 Å². The molecule has 1 aliphatic rings. The van der Waals surface area contributed by atoms with Crippen LogP contribution < -0.4 is 5.32 Å². The van der Waals surface area contributed by atoms with E-state index in [4.69, 9.17) is 4.52 Å². The van der Waals surface area contributed by atoms with Crippen molar-refractivity contribution in [3.63, 3.8) is 0 Å². The Labute approximate surface area is 127 Å². The molecule has 0 spiro atoms. The summed E-state index contributed by atoms with van der Waals surface area (Å²) in [7, 11) is 0. The molecule has 1 atom stereocenters. The Morgan fingerprint density at radius 1 is 1.32 bits per heavy atom. The van der Waals surface area contributed by atoms with Crippen LogP contribution in [0.25, 0.3) is 0 Å². The van der Waals surface area contributed by atoms with Crippen LogP contribution in [0.4, 0.5) is 0 Å². The van der Waals surface area contributed by atoms with E-state index in [1.165, 1.54) is 6.39 Å². The van der Waals surface area contributed by atoms with Crippen molar-refractivity contribution in [3.8, 4) is 0 Å². The van der Waals surface area contributed by atoms with Gasteiger partial charge in [-0.25, -0.2) is 0 Å². The lowest BCUT2D eigenvalue weighted by molar-refractivity contribution is -0.129. The van der Waals surface area contributed by atoms with E-state index in [9.17, 15) is 9.59 Å². The van der Waals surface area contributed by atoms with Gasteiger partial charge in [-0.3, -0.25) is 9.59 Å². The molecule has 7 nitrogen and oxygen atoms in total. The molecule has 0 bridgehead atoms. The van der Waals surface area contributed by atoms with Crippen molar-refractivity contribution in [3.05, 3.63) is 48.1 Å². The standard InChI is InChI=1S/C15H16N4O3/c20-13(8-16-15(21)11-4-2-1-3-5-11)19-7-6-12(9-19)14-17-10-22-18-14/h1-5,10,12H,6-9H2,(H,16,21). The lowest BCUT2D eigenvalue weighted by Crippen LogP contribution is -2.39. The van der Waals surface area contributed by atoms with Gasteiger partial charge in [0, 0.05) is 24.6 Å². The molecule has 2 amide bonds. The van der Waals surface area contributed by atoms with Gasteiger partial charge in [0.2, 0.25) is 12.3 Å². The smallest absolute Gasteiger partial charge is 0.251 e. The summed E-state index contributed by atoms with van der Waals surface area (Å²) in [5, 5.41) is 6.46. The van der Waals surface area contributed by atoms with Gasteiger partial charge >= 0.3 is 0 Å². The molecule has 0 aliphatic carbocycles. The maximum absolute atomic E-state index is 12.1. The number of hydrogen-bond acceptors (Lipinski definition) is 5. The predicted octanol–water partition coefficient (Wildman–Crippen LogP) is 0.815. The number of likely N-dealkylation sites (tertiary alicyclic amines) is 1. The molecule has 1 aromatic carbocycles. The molecule has 114 valence electrons. The van der Waals surface area contributed by atoms with Crippen LogP contribution in [0.5, 0.6) is 0 Å². The Kier molecular flexibility index (Phi) is 4.13. The molecule has 0 radical (unpaired) electrons. The third-order valence-corrected chi connectivity index (χ3v) is 3.72. The molecule has 3 rings (SSSR count). The Balaban J connectivity index is 1.50. The zero-order chi connectivity index (χ0) is 15.4. The van der Waals surface area contributed by atoms with E-state index >= 15 is 0 Å². The molecule has 1 unspecified atom stereocenters. The second kappa shape index (κ2) is 6.38. The number of hydrogen-bond donors (Lipinski definition) is 1. The minimum atomic E-state index is -0.247. The number of aromatic nitrogens is 2. The highest BCUT2D eigenvalue weighted by Gasteiger charge is 2.29. The number of amides is 2. The van der Waals surface area contributed by atoms with Gasteiger partial charge in [-0.05, 0) is 18.6 Å². The van der Waals surface area contributed by atoms with Gasteiger partial charge in [0.1, 0.15) is 0 Å². The summed E-state index contributed by atoms with van der Waals surface area (Å²) >= 11 is 0. The van der Waals surface area contributed by atoms with Crippen LogP contribution in [0.2, 0.25) is 0 Å². The van der Waals surface area contributed by atoms with E-state index in [0.29, 0.717) is 24.5 Å². The first-order chi connectivity index (χ1) is 10.7. The van der Waals surface area contributed by atoms with Crippen LogP contribution in [0, 0.1) is 0 Å². The second-order valence-corrected chi connectivity index (χ2v) is 5.16. The maximum atomic E-state index is 12.1. The molecular formula is C15H16N4O3. The van der Waals surface area contributed by atoms with Crippen LogP contribution in [0.1, 0.15) is 28.5 Å². The lowest BCUT2D eigenvalue weighted by atomic mass is 10.1. The normalized spacial score (nSPS) is 17.5. The molecule has 2 heterocycles. The summed E-state index contributed by atoms with van der Waals surface area (Å²) in [5.41, 5.74) is 0.543. The minimum absolute atomic E-state index is 0.00725. The van der Waals surface area contributed by atoms with Crippen LogP contribution in [0.3, 0.4) is 0 Å². The van der Waals surface area contributed by atoms with Gasteiger partial charge in [0.05, 0.1) is 6.54 Å². The molecule has 2 aromatic rings. The van der Waals surface area contributed by atoms with E-state index in [-0.39, 0.29) is 24.3 Å². The third-order valence-electron chi connectivity index (χ3n) is 3.72. The van der Waals surface area contributed by atoms with Crippen molar-refractivity contribution in [2.24, 2.45) is 0 Å². The van der Waals surface area contributed by atoms with Crippen LogP contribution >= 0.6 is 0 Å². The van der Waals surface area contributed by atoms with E-state index in [1.807, 2.05) is 6.07 Å². The van der Waals surface area contributed by atoms with Crippen molar-refractivity contribution in [2.75, 3.05) is 19.6 Å². The van der Waals surface area contributed by atoms with Gasteiger partial charge in [0.15, 0.2) is 5.82 Å². The molecule has 1 fully saturated rings. The Hall–Kier alpha value is -2.70. The molecule has 1 saturated heterocycles. The van der Waals surface area contributed by atoms with Gasteiger partial charge in [-0.1, -0.05) is 23.4 Å². The molecule has 1 aliphatic heterocycles. The van der Waals surface area contributed by atoms with Crippen molar-refractivity contribution in [2.45, 2.75) is 12.3 Å². The summed E-state index contributed by atoms with van der Waals surface area (Å²) in [6.07, 6.45) is 2.10. The van der Waals surface area contributed by atoms with Crippen molar-refractivity contribution in [1.29, 1.82) is 0 Å². The van der Waals surface area contributed by atoms with Crippen molar-refractivity contribution >= 4 is 11.8 Å². The third kappa shape index (κ3) is 3.13. The highest BCUT2D eigenvalue weighted by atomic mass is 16.5. The summed E-state index contributed by atoms with van der Waals surface area (Å²) in [6, 6.07) is 8.83. The second-order valence-electron chi connectivity index (χ2n) is 5.16. The topological polar surface area (TPSA) is 88.3 Å². The first-order valence-corrected chi connectivity index (χ1v) is 7.11. The number of nitrogens with one attached hydrogen (secondary N) is 1.